The van der Waals surface area contributed by atoms with E-state index in [2.05, 4.69) is 93.6 Å². The van der Waals surface area contributed by atoms with Crippen molar-refractivity contribution in [2.45, 2.75) is 58.5 Å². The molecule has 11 heteroatoms. The first-order valence-electron chi connectivity index (χ1n) is 11.2. The minimum Gasteiger partial charge on any atom is -0.745 e. The zero-order chi connectivity index (χ0) is 28.5. The van der Waals surface area contributed by atoms with Crippen LogP contribution in [0.15, 0.2) is 99.6 Å². The first kappa shape index (κ1) is 29.8. The largest absolute Gasteiger partial charge is 0.745 e. The van der Waals surface area contributed by atoms with Gasteiger partial charge in [-0.2, -0.15) is 17.6 Å². The molecule has 4 rings (SSSR count). The van der Waals surface area contributed by atoms with Crippen molar-refractivity contribution in [3.05, 3.63) is 102 Å². The predicted molar refractivity (Wildman–Crippen MR) is 133 cm³/mol. The quantitative estimate of drug-likeness (QED) is 0.145. The van der Waals surface area contributed by atoms with Crippen molar-refractivity contribution in [2.24, 2.45) is 0 Å². The third-order valence-electron chi connectivity index (χ3n) is 5.80. The van der Waals surface area contributed by atoms with Crippen molar-refractivity contribution < 1.29 is 39.3 Å². The van der Waals surface area contributed by atoms with Crippen LogP contribution in [0.1, 0.15) is 16.7 Å². The third-order valence-corrected chi connectivity index (χ3v) is 9.46. The number of hydrogen-bond donors (Lipinski definition) is 0. The standard InChI is InChI=1S/C21H21S.C6H4F6O3S/c1-16-14-17(2)21(18(3)15-16)22(19-10-6-4-7-11-19)20-12-8-5-9-13-20;7-3-1-2-4(8,16(13,14)15)6(11,12)5(3,9)10/h4-15H,1-3H3;1-3H,(H,13,14,15)/q+1;/p-1. The summed E-state index contributed by atoms with van der Waals surface area (Å²) >= 11 is 0. The van der Waals surface area contributed by atoms with Gasteiger partial charge in [0.1, 0.15) is 10.1 Å². The van der Waals surface area contributed by atoms with E-state index < -0.39 is 45.3 Å². The Labute approximate surface area is 220 Å². The van der Waals surface area contributed by atoms with Crippen molar-refractivity contribution >= 4 is 21.0 Å². The minimum absolute atomic E-state index is 0.0460. The zero-order valence-corrected chi connectivity index (χ0v) is 22.1. The highest BCUT2D eigenvalue weighted by Gasteiger charge is 2.76. The van der Waals surface area contributed by atoms with E-state index in [4.69, 9.17) is 0 Å². The fourth-order valence-corrected chi connectivity index (χ4v) is 7.11. The molecule has 1 aliphatic rings. The van der Waals surface area contributed by atoms with Crippen molar-refractivity contribution in [1.29, 1.82) is 0 Å². The van der Waals surface area contributed by atoms with E-state index in [1.54, 1.807) is 0 Å². The highest BCUT2D eigenvalue weighted by atomic mass is 32.2. The Morgan fingerprint density at radius 2 is 1.21 bits per heavy atom. The van der Waals surface area contributed by atoms with Gasteiger partial charge in [-0.15, -0.1) is 0 Å². The Hall–Kier alpha value is -2.76. The summed E-state index contributed by atoms with van der Waals surface area (Å²) in [6.45, 7) is 6.65. The van der Waals surface area contributed by atoms with Crippen LogP contribution in [0.2, 0.25) is 0 Å². The molecule has 0 saturated heterocycles. The smallest absolute Gasteiger partial charge is 0.363 e. The average Bonchev–Trinajstić information content (AvgIpc) is 2.84. The van der Waals surface area contributed by atoms with Gasteiger partial charge in [0.15, 0.2) is 20.9 Å². The molecule has 3 nitrogen and oxygen atoms in total. The molecule has 0 heterocycles. The monoisotopic (exact) mass is 574 g/mol. The van der Waals surface area contributed by atoms with Crippen LogP contribution >= 0.6 is 0 Å². The Bertz CT molecular complexity index is 1350. The molecule has 1 aliphatic carbocycles. The molecule has 0 saturated carbocycles. The normalized spacial score (nSPS) is 22.0. The van der Waals surface area contributed by atoms with E-state index in [1.165, 1.54) is 31.4 Å². The molecule has 2 unspecified atom stereocenters. The fourth-order valence-electron chi connectivity index (χ4n) is 4.05. The average molecular weight is 575 g/mol. The van der Waals surface area contributed by atoms with Gasteiger partial charge in [-0.05, 0) is 57.2 Å². The molecule has 0 aromatic heterocycles. The number of rotatable bonds is 4. The van der Waals surface area contributed by atoms with Crippen molar-refractivity contribution in [2.75, 3.05) is 0 Å². The number of aryl methyl sites for hydroxylation is 3. The van der Waals surface area contributed by atoms with Gasteiger partial charge in [-0.3, -0.25) is 0 Å². The van der Waals surface area contributed by atoms with E-state index in [1.807, 2.05) is 0 Å². The maximum absolute atomic E-state index is 13.1. The predicted octanol–water partition coefficient (Wildman–Crippen LogP) is 7.08. The number of halogens is 6. The summed E-state index contributed by atoms with van der Waals surface area (Å²) in [6.07, 6.45) is -4.70. The molecule has 38 heavy (non-hydrogen) atoms. The summed E-state index contributed by atoms with van der Waals surface area (Å²) in [5, 5.41) is -5.16. The first-order chi connectivity index (χ1) is 17.5. The van der Waals surface area contributed by atoms with E-state index >= 15 is 0 Å². The molecule has 0 radical (unpaired) electrons. The molecule has 0 N–H and O–H groups in total. The molecule has 3 aromatic carbocycles. The lowest BCUT2D eigenvalue weighted by molar-refractivity contribution is -0.264. The maximum atomic E-state index is 13.1. The fraction of sp³-hybridized carbons (Fsp3) is 0.259. The summed E-state index contributed by atoms with van der Waals surface area (Å²) in [5.41, 5.74) is 4.10. The molecular formula is C27H24F6O3S2. The van der Waals surface area contributed by atoms with Gasteiger partial charge in [-0.25, -0.2) is 17.2 Å². The van der Waals surface area contributed by atoms with Crippen LogP contribution in [0.25, 0.3) is 0 Å². The molecule has 0 fully saturated rings. The second-order valence-corrected chi connectivity index (χ2v) is 12.2. The Morgan fingerprint density at radius 3 is 1.61 bits per heavy atom. The number of hydrogen-bond acceptors (Lipinski definition) is 3. The SMILES string of the molecule is Cc1cc(C)c([S+](c2ccccc2)c2ccccc2)c(C)c1.O=S(=O)([O-])C1(F)C=CC(F)C(F)(F)C1(F)F. The summed E-state index contributed by atoms with van der Waals surface area (Å²) in [6, 6.07) is 26.3. The van der Waals surface area contributed by atoms with Gasteiger partial charge in [0.25, 0.3) is 5.00 Å². The maximum Gasteiger partial charge on any atom is 0.363 e. The van der Waals surface area contributed by atoms with Crippen LogP contribution in [-0.2, 0) is 21.0 Å². The highest BCUT2D eigenvalue weighted by molar-refractivity contribution is 7.97. The minimum atomic E-state index is -6.43. The van der Waals surface area contributed by atoms with Crippen molar-refractivity contribution in [1.82, 2.24) is 0 Å². The van der Waals surface area contributed by atoms with Gasteiger partial charge in [0.05, 0.1) is 10.9 Å². The van der Waals surface area contributed by atoms with Gasteiger partial charge in [0, 0.05) is 11.1 Å². The molecule has 0 spiro atoms. The highest BCUT2D eigenvalue weighted by Crippen LogP contribution is 2.53. The lowest BCUT2D eigenvalue weighted by Crippen LogP contribution is -2.64. The van der Waals surface area contributed by atoms with Crippen LogP contribution in [0.5, 0.6) is 0 Å². The lowest BCUT2D eigenvalue weighted by Gasteiger charge is -2.40. The number of allylic oxidation sites excluding steroid dienone is 1. The van der Waals surface area contributed by atoms with Crippen LogP contribution < -0.4 is 0 Å². The van der Waals surface area contributed by atoms with Gasteiger partial charge < -0.3 is 4.55 Å². The van der Waals surface area contributed by atoms with Gasteiger partial charge in [-0.1, -0.05) is 54.1 Å². The van der Waals surface area contributed by atoms with E-state index in [0.717, 1.165) is 0 Å². The number of alkyl halides is 6. The van der Waals surface area contributed by atoms with Gasteiger partial charge >= 0.3 is 11.8 Å². The van der Waals surface area contributed by atoms with Crippen LogP contribution in [0, 0.1) is 20.8 Å². The molecule has 204 valence electrons. The summed E-state index contributed by atoms with van der Waals surface area (Å²) < 4.78 is 107. The van der Waals surface area contributed by atoms with Crippen molar-refractivity contribution in [3.63, 3.8) is 0 Å². The topological polar surface area (TPSA) is 57.2 Å². The first-order valence-corrected chi connectivity index (χ1v) is 13.8. The summed E-state index contributed by atoms with van der Waals surface area (Å²) in [4.78, 5) is 4.22. The Balaban J connectivity index is 0.000000223. The number of benzene rings is 3. The Kier molecular flexibility index (Phi) is 8.45. The van der Waals surface area contributed by atoms with Crippen LogP contribution in [0.3, 0.4) is 0 Å². The summed E-state index contributed by atoms with van der Waals surface area (Å²) in [7, 11) is -6.47. The lowest BCUT2D eigenvalue weighted by atomic mass is 9.95. The van der Waals surface area contributed by atoms with E-state index in [0.29, 0.717) is 0 Å². The summed E-state index contributed by atoms with van der Waals surface area (Å²) in [5.74, 6) is -11.6. The van der Waals surface area contributed by atoms with E-state index in [9.17, 15) is 39.3 Å². The van der Waals surface area contributed by atoms with Crippen LogP contribution in [-0.4, -0.2) is 36.0 Å². The van der Waals surface area contributed by atoms with Gasteiger partial charge in [0.2, 0.25) is 0 Å². The molecular weight excluding hydrogens is 550 g/mol. The third kappa shape index (κ3) is 5.37. The molecule has 3 aromatic rings. The Morgan fingerprint density at radius 1 is 0.789 bits per heavy atom. The van der Waals surface area contributed by atoms with Crippen LogP contribution in [0.4, 0.5) is 26.3 Å². The molecule has 2 atom stereocenters. The second-order valence-electron chi connectivity index (χ2n) is 8.72. The molecule has 0 aliphatic heterocycles. The van der Waals surface area contributed by atoms with Crippen molar-refractivity contribution in [3.8, 4) is 0 Å². The molecule has 0 amide bonds. The molecule has 0 bridgehead atoms. The second kappa shape index (κ2) is 10.8. The zero-order valence-electron chi connectivity index (χ0n) is 20.5. The van der Waals surface area contributed by atoms with E-state index in [-0.39, 0.29) is 10.9 Å².